The second kappa shape index (κ2) is 9.59. The molecule has 0 saturated heterocycles. The highest BCUT2D eigenvalue weighted by Crippen LogP contribution is 2.32. The number of ether oxygens (including phenoxy) is 1. The summed E-state index contributed by atoms with van der Waals surface area (Å²) in [7, 11) is 0. The molecule has 0 bridgehead atoms. The molecule has 1 amide bonds. The molecule has 1 atom stereocenters. The molecule has 2 rings (SSSR count). The lowest BCUT2D eigenvalue weighted by atomic mass is 9.94. The topological polar surface area (TPSA) is 70.7 Å². The van der Waals surface area contributed by atoms with Crippen LogP contribution in [0.5, 0.6) is 0 Å². The average Bonchev–Trinajstić information content (AvgIpc) is 2.68. The molecule has 2 N–H and O–H groups in total. The Morgan fingerprint density at radius 1 is 1.28 bits per heavy atom. The van der Waals surface area contributed by atoms with Crippen LogP contribution < -0.4 is 10.6 Å². The lowest BCUT2D eigenvalue weighted by Crippen LogP contribution is -2.47. The fourth-order valence-electron chi connectivity index (χ4n) is 3.01. The van der Waals surface area contributed by atoms with E-state index in [4.69, 9.17) is 28.6 Å². The van der Waals surface area contributed by atoms with Gasteiger partial charge in [0.2, 0.25) is 5.91 Å². The second-order valence-electron chi connectivity index (χ2n) is 7.44. The van der Waals surface area contributed by atoms with Gasteiger partial charge in [-0.05, 0) is 64.5 Å². The predicted octanol–water partition coefficient (Wildman–Crippen LogP) is 3.98. The summed E-state index contributed by atoms with van der Waals surface area (Å²) < 4.78 is 5.28. The van der Waals surface area contributed by atoms with Gasteiger partial charge in [0.05, 0.1) is 23.6 Å². The molecule has 0 radical (unpaired) electrons. The molecule has 1 aliphatic rings. The zero-order valence-electron chi connectivity index (χ0n) is 17.5. The molecule has 1 heterocycles. The van der Waals surface area contributed by atoms with Gasteiger partial charge in [-0.25, -0.2) is 4.79 Å². The minimum absolute atomic E-state index is 0.154. The van der Waals surface area contributed by atoms with Gasteiger partial charge in [0.15, 0.2) is 5.11 Å². The Morgan fingerprint density at radius 3 is 2.41 bits per heavy atom. The summed E-state index contributed by atoms with van der Waals surface area (Å²) in [4.78, 5) is 26.9. The van der Waals surface area contributed by atoms with E-state index in [1.54, 1.807) is 32.9 Å². The van der Waals surface area contributed by atoms with Gasteiger partial charge in [0.25, 0.3) is 0 Å². The number of anilines is 1. The highest BCUT2D eigenvalue weighted by molar-refractivity contribution is 7.80. The molecule has 1 aromatic rings. The van der Waals surface area contributed by atoms with Crippen LogP contribution in [0.15, 0.2) is 35.5 Å². The first kappa shape index (κ1) is 23.2. The number of carbonyl (C=O) groups excluding carboxylic acids is 2. The van der Waals surface area contributed by atoms with E-state index in [0.29, 0.717) is 29.5 Å². The van der Waals surface area contributed by atoms with E-state index in [0.717, 1.165) is 11.3 Å². The zero-order valence-corrected chi connectivity index (χ0v) is 19.0. The van der Waals surface area contributed by atoms with Gasteiger partial charge in [0, 0.05) is 23.8 Å². The van der Waals surface area contributed by atoms with E-state index in [1.165, 1.54) is 0 Å². The van der Waals surface area contributed by atoms with E-state index < -0.39 is 11.5 Å². The number of esters is 1. The Balaban J connectivity index is 2.34. The number of thiocarbonyl (C=S) groups is 1. The van der Waals surface area contributed by atoms with Gasteiger partial charge < -0.3 is 20.3 Å². The van der Waals surface area contributed by atoms with Crippen LogP contribution in [0.3, 0.4) is 0 Å². The third-order valence-corrected chi connectivity index (χ3v) is 5.86. The van der Waals surface area contributed by atoms with Crippen molar-refractivity contribution >= 4 is 46.5 Å². The number of hydrogen-bond donors (Lipinski definition) is 2. The Hall–Kier alpha value is -2.12. The van der Waals surface area contributed by atoms with Gasteiger partial charge in [-0.2, -0.15) is 0 Å². The quantitative estimate of drug-likeness (QED) is 0.382. The van der Waals surface area contributed by atoms with E-state index in [2.05, 4.69) is 10.6 Å². The molecule has 0 spiro atoms. The Bertz CT molecular complexity index is 821. The van der Waals surface area contributed by atoms with Crippen LogP contribution in [-0.4, -0.2) is 40.9 Å². The van der Waals surface area contributed by atoms with Crippen LogP contribution in [0.25, 0.3) is 0 Å². The molecule has 0 aliphatic carbocycles. The van der Waals surface area contributed by atoms with Crippen LogP contribution >= 0.6 is 23.8 Å². The predicted molar refractivity (Wildman–Crippen MR) is 120 cm³/mol. The number of alkyl halides is 1. The maximum Gasteiger partial charge on any atom is 0.338 e. The lowest BCUT2D eigenvalue weighted by molar-refractivity contribution is -0.139. The normalized spacial score (nSPS) is 17.1. The van der Waals surface area contributed by atoms with Crippen molar-refractivity contribution in [3.05, 3.63) is 41.1 Å². The molecule has 1 unspecified atom stereocenters. The minimum Gasteiger partial charge on any atom is -0.463 e. The number of benzene rings is 1. The van der Waals surface area contributed by atoms with Gasteiger partial charge in [-0.1, -0.05) is 12.1 Å². The average molecular weight is 438 g/mol. The maximum atomic E-state index is 12.7. The second-order valence-corrected chi connectivity index (χ2v) is 8.09. The molecular weight excluding hydrogens is 410 g/mol. The molecule has 6 nitrogen and oxygen atoms in total. The highest BCUT2D eigenvalue weighted by Gasteiger charge is 2.34. The van der Waals surface area contributed by atoms with Crippen molar-refractivity contribution in [1.29, 1.82) is 0 Å². The van der Waals surface area contributed by atoms with E-state index >= 15 is 0 Å². The Kier molecular flexibility index (Phi) is 7.66. The molecular formula is C21H28ClN3O3S. The molecule has 0 fully saturated rings. The summed E-state index contributed by atoms with van der Waals surface area (Å²) in [6.07, 6.45) is 0. The van der Waals surface area contributed by atoms with E-state index in [-0.39, 0.29) is 17.8 Å². The van der Waals surface area contributed by atoms with Crippen molar-refractivity contribution in [3.8, 4) is 0 Å². The first-order valence-corrected chi connectivity index (χ1v) is 10.5. The molecule has 1 aliphatic heterocycles. The smallest absolute Gasteiger partial charge is 0.338 e. The molecule has 0 saturated carbocycles. The van der Waals surface area contributed by atoms with E-state index in [9.17, 15) is 9.59 Å². The summed E-state index contributed by atoms with van der Waals surface area (Å²) >= 11 is 11.4. The van der Waals surface area contributed by atoms with Crippen molar-refractivity contribution in [1.82, 2.24) is 10.2 Å². The number of nitrogens with zero attached hydrogens (tertiary/aromatic N) is 1. The number of halogens is 1. The first-order chi connectivity index (χ1) is 13.7. The number of allylic oxidation sites excluding steroid dienone is 1. The molecule has 8 heteroatoms. The number of nitrogens with one attached hydrogen (secondary N) is 2. The van der Waals surface area contributed by atoms with Crippen LogP contribution in [-0.2, 0) is 14.3 Å². The van der Waals surface area contributed by atoms with Gasteiger partial charge >= 0.3 is 5.97 Å². The summed E-state index contributed by atoms with van der Waals surface area (Å²) in [5.41, 5.74) is 2.14. The Morgan fingerprint density at radius 2 is 1.90 bits per heavy atom. The summed E-state index contributed by atoms with van der Waals surface area (Å²) in [5.74, 6) is -0.301. The largest absolute Gasteiger partial charge is 0.463 e. The third kappa shape index (κ3) is 5.08. The summed E-state index contributed by atoms with van der Waals surface area (Å²) in [5, 5.41) is 6.67. The fraction of sp³-hybridized carbons (Fsp3) is 0.476. The van der Waals surface area contributed by atoms with Gasteiger partial charge in [-0.15, -0.1) is 11.6 Å². The fourth-order valence-corrected chi connectivity index (χ4v) is 3.51. The maximum absolute atomic E-state index is 12.7. The molecule has 1 aromatic carbocycles. The summed E-state index contributed by atoms with van der Waals surface area (Å²) in [6.45, 7) is 10.1. The van der Waals surface area contributed by atoms with Crippen molar-refractivity contribution < 1.29 is 14.3 Å². The summed E-state index contributed by atoms with van der Waals surface area (Å²) in [6, 6.07) is 6.89. The third-order valence-electron chi connectivity index (χ3n) is 4.86. The monoisotopic (exact) mass is 437 g/mol. The van der Waals surface area contributed by atoms with Crippen molar-refractivity contribution in [3.63, 3.8) is 0 Å². The molecule has 29 heavy (non-hydrogen) atoms. The standard InChI is InChI=1S/C21H28ClN3O3S/c1-6-25-13(3)16(18(26)28-7-2)17(24-20(25)29)14-8-10-15(11-9-14)23-19(27)21(4,5)12-22/h8-11,17H,6-7,12H2,1-5H3,(H,23,27)(H,24,29). The van der Waals surface area contributed by atoms with Crippen LogP contribution in [0.1, 0.15) is 46.2 Å². The number of amides is 1. The van der Waals surface area contributed by atoms with Crippen LogP contribution in [0.4, 0.5) is 5.69 Å². The number of rotatable bonds is 7. The molecule has 158 valence electrons. The molecule has 0 aromatic heterocycles. The lowest BCUT2D eigenvalue weighted by Gasteiger charge is -2.37. The van der Waals surface area contributed by atoms with Crippen molar-refractivity contribution in [2.45, 2.75) is 40.7 Å². The van der Waals surface area contributed by atoms with Gasteiger partial charge in [-0.3, -0.25) is 4.79 Å². The highest BCUT2D eigenvalue weighted by atomic mass is 35.5. The first-order valence-electron chi connectivity index (χ1n) is 9.59. The van der Waals surface area contributed by atoms with Crippen molar-refractivity contribution in [2.24, 2.45) is 5.41 Å². The Labute approximate surface area is 182 Å². The van der Waals surface area contributed by atoms with Crippen LogP contribution in [0, 0.1) is 5.41 Å². The van der Waals surface area contributed by atoms with E-state index in [1.807, 2.05) is 30.9 Å². The SMILES string of the molecule is CCOC(=O)C1=C(C)N(CC)C(=S)NC1c1ccc(NC(=O)C(C)(C)CCl)cc1. The minimum atomic E-state index is -0.669. The van der Waals surface area contributed by atoms with Crippen molar-refractivity contribution in [2.75, 3.05) is 24.3 Å². The zero-order chi connectivity index (χ0) is 21.8. The number of hydrogen-bond acceptors (Lipinski definition) is 4. The van der Waals surface area contributed by atoms with Crippen LogP contribution in [0.2, 0.25) is 0 Å². The number of carbonyl (C=O) groups is 2. The van der Waals surface area contributed by atoms with Gasteiger partial charge in [0.1, 0.15) is 0 Å².